The van der Waals surface area contributed by atoms with Crippen LogP contribution >= 0.6 is 11.3 Å². The fraction of sp³-hybridized carbons (Fsp3) is 0.714. The minimum absolute atomic E-state index is 0.632. The minimum Gasteiger partial charge on any atom is -0.312 e. The second-order valence-corrected chi connectivity index (χ2v) is 6.37. The van der Waals surface area contributed by atoms with Crippen LogP contribution in [-0.4, -0.2) is 7.05 Å². The lowest BCUT2D eigenvalue weighted by Gasteiger charge is -2.16. The predicted octanol–water partition coefficient (Wildman–Crippen LogP) is 3.75. The lowest BCUT2D eigenvalue weighted by molar-refractivity contribution is 0.480. The van der Waals surface area contributed by atoms with Crippen molar-refractivity contribution in [1.29, 1.82) is 0 Å². The molecule has 0 aliphatic heterocycles. The minimum atomic E-state index is 0.632. The molecule has 2 aliphatic carbocycles. The number of fused-ring (bicyclic) bond motifs is 1. The van der Waals surface area contributed by atoms with Crippen LogP contribution in [0.1, 0.15) is 42.2 Å². The second-order valence-electron chi connectivity index (χ2n) is 5.42. The molecule has 1 aromatic heterocycles. The van der Waals surface area contributed by atoms with Crippen molar-refractivity contribution in [2.24, 2.45) is 17.8 Å². The van der Waals surface area contributed by atoms with Gasteiger partial charge in [0.2, 0.25) is 0 Å². The van der Waals surface area contributed by atoms with Gasteiger partial charge in [0, 0.05) is 10.9 Å². The zero-order valence-electron chi connectivity index (χ0n) is 10.2. The molecule has 88 valence electrons. The van der Waals surface area contributed by atoms with E-state index in [0.717, 1.165) is 17.8 Å². The van der Waals surface area contributed by atoms with Gasteiger partial charge in [-0.15, -0.1) is 11.3 Å². The highest BCUT2D eigenvalue weighted by atomic mass is 32.1. The van der Waals surface area contributed by atoms with Gasteiger partial charge in [-0.1, -0.05) is 12.8 Å². The van der Waals surface area contributed by atoms with Crippen LogP contribution in [0.2, 0.25) is 0 Å². The van der Waals surface area contributed by atoms with Gasteiger partial charge in [0.1, 0.15) is 0 Å². The van der Waals surface area contributed by atoms with Crippen molar-refractivity contribution in [3.05, 3.63) is 21.9 Å². The molecular formula is C14H21NS. The highest BCUT2D eigenvalue weighted by Gasteiger charge is 2.54. The van der Waals surface area contributed by atoms with Crippen LogP contribution in [0.4, 0.5) is 0 Å². The number of rotatable bonds is 3. The molecule has 0 amide bonds. The molecule has 1 aromatic rings. The van der Waals surface area contributed by atoms with Crippen LogP contribution in [0.15, 0.2) is 11.4 Å². The lowest BCUT2D eigenvalue weighted by atomic mass is 10.0. The third-order valence-corrected chi connectivity index (χ3v) is 5.70. The van der Waals surface area contributed by atoms with Gasteiger partial charge in [-0.25, -0.2) is 0 Å². The zero-order valence-corrected chi connectivity index (χ0v) is 11.0. The van der Waals surface area contributed by atoms with Crippen LogP contribution < -0.4 is 5.32 Å². The van der Waals surface area contributed by atoms with E-state index in [9.17, 15) is 0 Å². The van der Waals surface area contributed by atoms with Gasteiger partial charge in [0.25, 0.3) is 0 Å². The monoisotopic (exact) mass is 235 g/mol. The molecule has 0 bridgehead atoms. The van der Waals surface area contributed by atoms with E-state index in [1.807, 2.05) is 11.3 Å². The Hall–Kier alpha value is -0.340. The van der Waals surface area contributed by atoms with E-state index in [0.29, 0.717) is 6.04 Å². The molecule has 1 heterocycles. The lowest BCUT2D eigenvalue weighted by Crippen LogP contribution is -2.19. The highest BCUT2D eigenvalue weighted by Crippen LogP contribution is 2.60. The third kappa shape index (κ3) is 1.63. The van der Waals surface area contributed by atoms with Crippen LogP contribution in [0, 0.1) is 24.7 Å². The molecule has 1 N–H and O–H groups in total. The number of thiophene rings is 1. The van der Waals surface area contributed by atoms with E-state index in [1.165, 1.54) is 31.2 Å². The Morgan fingerprint density at radius 3 is 2.50 bits per heavy atom. The van der Waals surface area contributed by atoms with Gasteiger partial charge in [0.05, 0.1) is 0 Å². The summed E-state index contributed by atoms with van der Waals surface area (Å²) in [6, 6.07) is 2.89. The van der Waals surface area contributed by atoms with Crippen molar-refractivity contribution in [2.45, 2.75) is 38.6 Å². The molecule has 1 nitrogen and oxygen atoms in total. The highest BCUT2D eigenvalue weighted by molar-refractivity contribution is 7.10. The molecule has 2 aliphatic rings. The van der Waals surface area contributed by atoms with Crippen LogP contribution in [0.3, 0.4) is 0 Å². The first kappa shape index (κ1) is 10.8. The number of hydrogen-bond donors (Lipinski definition) is 1. The molecule has 3 unspecified atom stereocenters. The topological polar surface area (TPSA) is 12.0 Å². The van der Waals surface area contributed by atoms with Gasteiger partial charge in [-0.05, 0) is 61.6 Å². The third-order valence-electron chi connectivity index (χ3n) is 4.60. The predicted molar refractivity (Wildman–Crippen MR) is 69.8 cm³/mol. The Balaban J connectivity index is 1.80. The maximum atomic E-state index is 3.57. The van der Waals surface area contributed by atoms with Gasteiger partial charge >= 0.3 is 0 Å². The van der Waals surface area contributed by atoms with Crippen LogP contribution in [0.5, 0.6) is 0 Å². The molecule has 2 saturated carbocycles. The van der Waals surface area contributed by atoms with E-state index in [4.69, 9.17) is 0 Å². The summed E-state index contributed by atoms with van der Waals surface area (Å²) in [6.07, 6.45) is 5.91. The average Bonchev–Trinajstić information content (AvgIpc) is 2.87. The summed E-state index contributed by atoms with van der Waals surface area (Å²) in [5.41, 5.74) is 1.48. The molecular weight excluding hydrogens is 214 g/mol. The molecule has 16 heavy (non-hydrogen) atoms. The van der Waals surface area contributed by atoms with E-state index in [1.54, 1.807) is 4.88 Å². The quantitative estimate of drug-likeness (QED) is 0.841. The summed E-state index contributed by atoms with van der Waals surface area (Å²) in [4.78, 5) is 1.59. The Labute approximate surface area is 102 Å². The fourth-order valence-corrected chi connectivity index (χ4v) is 4.84. The zero-order chi connectivity index (χ0) is 11.1. The first-order chi connectivity index (χ1) is 7.83. The first-order valence-electron chi connectivity index (χ1n) is 6.54. The Kier molecular flexibility index (Phi) is 2.80. The molecule has 2 heteroatoms. The van der Waals surface area contributed by atoms with E-state index < -0.39 is 0 Å². The van der Waals surface area contributed by atoms with Gasteiger partial charge in [-0.3, -0.25) is 0 Å². The van der Waals surface area contributed by atoms with Crippen LogP contribution in [0.25, 0.3) is 0 Å². The average molecular weight is 235 g/mol. The van der Waals surface area contributed by atoms with Gasteiger partial charge in [-0.2, -0.15) is 0 Å². The normalized spacial score (nSPS) is 34.5. The number of hydrogen-bond acceptors (Lipinski definition) is 2. The fourth-order valence-electron chi connectivity index (χ4n) is 3.74. The molecule has 3 atom stereocenters. The molecule has 0 aromatic carbocycles. The van der Waals surface area contributed by atoms with Crippen molar-refractivity contribution >= 4 is 11.3 Å². The van der Waals surface area contributed by atoms with Crippen molar-refractivity contribution < 1.29 is 0 Å². The van der Waals surface area contributed by atoms with Crippen molar-refractivity contribution in [1.82, 2.24) is 5.32 Å². The van der Waals surface area contributed by atoms with E-state index >= 15 is 0 Å². The van der Waals surface area contributed by atoms with E-state index in [-0.39, 0.29) is 0 Å². The van der Waals surface area contributed by atoms with Gasteiger partial charge < -0.3 is 5.32 Å². The standard InChI is InChI=1S/C14H21NS/c1-9-7-8-16-14(9)13(15-2)12-10-5-3-4-6-11(10)12/h7-8,10-13,15H,3-6H2,1-2H3. The van der Waals surface area contributed by atoms with Crippen LogP contribution in [-0.2, 0) is 0 Å². The van der Waals surface area contributed by atoms with Crippen molar-refractivity contribution in [3.8, 4) is 0 Å². The smallest absolute Gasteiger partial charge is 0.0449 e. The van der Waals surface area contributed by atoms with E-state index in [2.05, 4.69) is 30.7 Å². The molecule has 0 radical (unpaired) electrons. The number of aryl methyl sites for hydroxylation is 1. The summed E-state index contributed by atoms with van der Waals surface area (Å²) in [7, 11) is 2.13. The summed E-state index contributed by atoms with van der Waals surface area (Å²) in [5.74, 6) is 3.00. The largest absolute Gasteiger partial charge is 0.312 e. The molecule has 3 rings (SSSR count). The summed E-state index contributed by atoms with van der Waals surface area (Å²) in [5, 5.41) is 5.81. The summed E-state index contributed by atoms with van der Waals surface area (Å²) >= 11 is 1.93. The number of nitrogens with one attached hydrogen (secondary N) is 1. The maximum Gasteiger partial charge on any atom is 0.0449 e. The van der Waals surface area contributed by atoms with Crippen molar-refractivity contribution in [2.75, 3.05) is 7.05 Å². The molecule has 0 spiro atoms. The Morgan fingerprint density at radius 1 is 1.31 bits per heavy atom. The first-order valence-corrected chi connectivity index (χ1v) is 7.42. The Bertz CT molecular complexity index is 359. The molecule has 0 saturated heterocycles. The summed E-state index contributed by atoms with van der Waals surface area (Å²) < 4.78 is 0. The Morgan fingerprint density at radius 2 is 2.00 bits per heavy atom. The van der Waals surface area contributed by atoms with Crippen molar-refractivity contribution in [3.63, 3.8) is 0 Å². The SMILES string of the molecule is CNC(c1sccc1C)C1C2CCCCC21. The van der Waals surface area contributed by atoms with Gasteiger partial charge in [0.15, 0.2) is 0 Å². The molecule has 2 fully saturated rings. The second kappa shape index (κ2) is 4.15. The maximum absolute atomic E-state index is 3.57. The summed E-state index contributed by atoms with van der Waals surface area (Å²) in [6.45, 7) is 2.25.